The first-order valence-corrected chi connectivity index (χ1v) is 8.26. The molecule has 2 atom stereocenters. The molecule has 0 radical (unpaired) electrons. The van der Waals surface area contributed by atoms with E-state index in [0.29, 0.717) is 5.75 Å². The van der Waals surface area contributed by atoms with E-state index in [0.717, 1.165) is 6.54 Å². The van der Waals surface area contributed by atoms with Crippen LogP contribution in [0.1, 0.15) is 50.4 Å². The van der Waals surface area contributed by atoms with Crippen molar-refractivity contribution in [1.29, 1.82) is 0 Å². The smallest absolute Gasteiger partial charge is 0.0439 e. The third-order valence-electron chi connectivity index (χ3n) is 3.25. The average Bonchev–Trinajstić information content (AvgIpc) is 2.27. The van der Waals surface area contributed by atoms with E-state index >= 15 is 0 Å². The van der Waals surface area contributed by atoms with E-state index in [1.807, 2.05) is 20.8 Å². The van der Waals surface area contributed by atoms with Crippen LogP contribution in [0.3, 0.4) is 0 Å². The van der Waals surface area contributed by atoms with Crippen LogP contribution in [0.15, 0.2) is 18.2 Å². The van der Waals surface area contributed by atoms with E-state index in [-0.39, 0.29) is 10.8 Å². The lowest BCUT2D eigenvalue weighted by molar-refractivity contribution is 0.581. The zero-order valence-corrected chi connectivity index (χ0v) is 13.9. The molecule has 0 aliphatic carbocycles. The molecule has 1 rings (SSSR count). The lowest BCUT2D eigenvalue weighted by Crippen LogP contribution is -2.33. The molecule has 0 aliphatic rings. The van der Waals surface area contributed by atoms with Gasteiger partial charge in [-0.25, -0.2) is 0 Å². The van der Waals surface area contributed by atoms with Crippen molar-refractivity contribution in [2.75, 3.05) is 12.3 Å². The van der Waals surface area contributed by atoms with Gasteiger partial charge in [0.15, 0.2) is 0 Å². The van der Waals surface area contributed by atoms with Crippen LogP contribution in [0.2, 0.25) is 0 Å². The second-order valence-corrected chi connectivity index (χ2v) is 8.34. The molecule has 0 saturated carbocycles. The molecule has 0 heterocycles. The minimum Gasteiger partial charge on any atom is -0.309 e. The summed E-state index contributed by atoms with van der Waals surface area (Å²) in [6.45, 7) is 13.3. The molecule has 1 aromatic carbocycles. The highest BCUT2D eigenvalue weighted by atomic mass is 32.2. The molecule has 0 aliphatic heterocycles. The summed E-state index contributed by atoms with van der Waals surface area (Å²) in [5.74, 6) is 0.668. The van der Waals surface area contributed by atoms with Gasteiger partial charge in [0.05, 0.1) is 0 Å². The number of aryl methyl sites for hydroxylation is 2. The Kier molecular flexibility index (Phi) is 5.75. The highest BCUT2D eigenvalue weighted by Crippen LogP contribution is 2.23. The Labute approximate surface area is 120 Å². The van der Waals surface area contributed by atoms with Crippen molar-refractivity contribution in [2.45, 2.75) is 52.3 Å². The maximum Gasteiger partial charge on any atom is 0.0439 e. The molecular weight excluding hydrogens is 254 g/mol. The normalized spacial score (nSPS) is 15.3. The third-order valence-corrected chi connectivity index (χ3v) is 5.25. The van der Waals surface area contributed by atoms with Crippen molar-refractivity contribution < 1.29 is 4.21 Å². The molecule has 2 nitrogen and oxygen atoms in total. The quantitative estimate of drug-likeness (QED) is 0.895. The summed E-state index contributed by atoms with van der Waals surface area (Å²) in [6.07, 6.45) is 0. The van der Waals surface area contributed by atoms with E-state index in [2.05, 4.69) is 44.3 Å². The minimum absolute atomic E-state index is 0.160. The Morgan fingerprint density at radius 2 is 1.89 bits per heavy atom. The Morgan fingerprint density at radius 1 is 1.26 bits per heavy atom. The molecule has 1 aromatic rings. The Hall–Kier alpha value is -0.670. The molecular formula is C16H27NOS. The Morgan fingerprint density at radius 3 is 2.37 bits per heavy atom. The van der Waals surface area contributed by atoms with Crippen LogP contribution in [0.4, 0.5) is 0 Å². The monoisotopic (exact) mass is 281 g/mol. The van der Waals surface area contributed by atoms with E-state index < -0.39 is 10.8 Å². The molecule has 0 spiro atoms. The minimum atomic E-state index is -0.845. The predicted molar refractivity (Wildman–Crippen MR) is 85.1 cm³/mol. The first kappa shape index (κ1) is 16.4. The van der Waals surface area contributed by atoms with Gasteiger partial charge in [0.2, 0.25) is 0 Å². The van der Waals surface area contributed by atoms with Crippen LogP contribution in [0.25, 0.3) is 0 Å². The van der Waals surface area contributed by atoms with Crippen LogP contribution < -0.4 is 5.32 Å². The summed E-state index contributed by atoms with van der Waals surface area (Å²) in [5, 5.41) is 3.47. The van der Waals surface area contributed by atoms with Gasteiger partial charge in [0, 0.05) is 27.3 Å². The van der Waals surface area contributed by atoms with Gasteiger partial charge in [-0.05, 0) is 52.3 Å². The summed E-state index contributed by atoms with van der Waals surface area (Å²) in [4.78, 5) is 0. The standard InChI is InChI=1S/C16H27NOS/c1-7-17-15(11-19(18)16(4,5)6)14-9-8-12(2)10-13(14)3/h8-10,15,17H,7,11H2,1-6H3. The van der Waals surface area contributed by atoms with Gasteiger partial charge in [-0.15, -0.1) is 0 Å². The first-order valence-electron chi connectivity index (χ1n) is 6.94. The maximum absolute atomic E-state index is 12.4. The van der Waals surface area contributed by atoms with Crippen LogP contribution >= 0.6 is 0 Å². The zero-order valence-electron chi connectivity index (χ0n) is 13.0. The fraction of sp³-hybridized carbons (Fsp3) is 0.625. The fourth-order valence-corrected chi connectivity index (χ4v) is 3.22. The molecule has 108 valence electrons. The zero-order chi connectivity index (χ0) is 14.6. The third kappa shape index (κ3) is 4.73. The van der Waals surface area contributed by atoms with Crippen molar-refractivity contribution in [3.05, 3.63) is 34.9 Å². The lowest BCUT2D eigenvalue weighted by atomic mass is 10.0. The van der Waals surface area contributed by atoms with Crippen molar-refractivity contribution >= 4 is 10.8 Å². The van der Waals surface area contributed by atoms with Gasteiger partial charge < -0.3 is 5.32 Å². The van der Waals surface area contributed by atoms with Crippen LogP contribution in [-0.2, 0) is 10.8 Å². The molecule has 0 fully saturated rings. The predicted octanol–water partition coefficient (Wildman–Crippen LogP) is 3.50. The van der Waals surface area contributed by atoms with Gasteiger partial charge in [-0.1, -0.05) is 30.7 Å². The number of rotatable bonds is 5. The fourth-order valence-electron chi connectivity index (χ4n) is 2.12. The second kappa shape index (κ2) is 6.67. The van der Waals surface area contributed by atoms with Crippen molar-refractivity contribution in [2.24, 2.45) is 0 Å². The highest BCUT2D eigenvalue weighted by Gasteiger charge is 2.24. The van der Waals surface area contributed by atoms with Crippen LogP contribution in [0, 0.1) is 13.8 Å². The topological polar surface area (TPSA) is 29.1 Å². The van der Waals surface area contributed by atoms with Crippen molar-refractivity contribution in [3.8, 4) is 0 Å². The number of hydrogen-bond donors (Lipinski definition) is 1. The Balaban J connectivity index is 2.97. The molecule has 0 bridgehead atoms. The molecule has 1 N–H and O–H groups in total. The lowest BCUT2D eigenvalue weighted by Gasteiger charge is -2.25. The largest absolute Gasteiger partial charge is 0.309 e. The van der Waals surface area contributed by atoms with E-state index in [4.69, 9.17) is 0 Å². The summed E-state index contributed by atoms with van der Waals surface area (Å²) in [7, 11) is -0.845. The average molecular weight is 281 g/mol. The van der Waals surface area contributed by atoms with Gasteiger partial charge in [-0.2, -0.15) is 0 Å². The molecule has 3 heteroatoms. The SMILES string of the molecule is CCNC(CS(=O)C(C)(C)C)c1ccc(C)cc1C. The van der Waals surface area contributed by atoms with Crippen LogP contribution in [0.5, 0.6) is 0 Å². The van der Waals surface area contributed by atoms with Gasteiger partial charge >= 0.3 is 0 Å². The molecule has 0 aromatic heterocycles. The maximum atomic E-state index is 12.4. The summed E-state index contributed by atoms with van der Waals surface area (Å²) in [6, 6.07) is 6.66. The van der Waals surface area contributed by atoms with E-state index in [9.17, 15) is 4.21 Å². The Bertz CT molecular complexity index is 449. The summed E-state index contributed by atoms with van der Waals surface area (Å²) < 4.78 is 12.2. The first-order chi connectivity index (χ1) is 8.75. The van der Waals surface area contributed by atoms with Crippen molar-refractivity contribution in [3.63, 3.8) is 0 Å². The van der Waals surface area contributed by atoms with Gasteiger partial charge in [0.25, 0.3) is 0 Å². The highest BCUT2D eigenvalue weighted by molar-refractivity contribution is 7.86. The molecule has 0 saturated heterocycles. The van der Waals surface area contributed by atoms with Crippen molar-refractivity contribution in [1.82, 2.24) is 5.32 Å². The van der Waals surface area contributed by atoms with Crippen LogP contribution in [-0.4, -0.2) is 21.3 Å². The molecule has 19 heavy (non-hydrogen) atoms. The van der Waals surface area contributed by atoms with Gasteiger partial charge in [0.1, 0.15) is 0 Å². The summed E-state index contributed by atoms with van der Waals surface area (Å²) >= 11 is 0. The van der Waals surface area contributed by atoms with E-state index in [1.165, 1.54) is 16.7 Å². The number of nitrogens with one attached hydrogen (secondary N) is 1. The number of hydrogen-bond acceptors (Lipinski definition) is 2. The molecule has 0 amide bonds. The molecule has 2 unspecified atom stereocenters. The second-order valence-electron chi connectivity index (χ2n) is 6.09. The number of benzene rings is 1. The van der Waals surface area contributed by atoms with Gasteiger partial charge in [-0.3, -0.25) is 4.21 Å². The van der Waals surface area contributed by atoms with E-state index in [1.54, 1.807) is 0 Å². The summed E-state index contributed by atoms with van der Waals surface area (Å²) in [5.41, 5.74) is 3.82.